The first kappa shape index (κ1) is 13.7. The van der Waals surface area contributed by atoms with Crippen LogP contribution in [0, 0.1) is 5.92 Å². The van der Waals surface area contributed by atoms with Gasteiger partial charge in [0.25, 0.3) is 0 Å². The van der Waals surface area contributed by atoms with E-state index in [9.17, 15) is 9.59 Å². The number of hydrogen-bond acceptors (Lipinski definition) is 3. The van der Waals surface area contributed by atoms with E-state index in [4.69, 9.17) is 5.11 Å². The minimum Gasteiger partial charge on any atom is -0.480 e. The highest BCUT2D eigenvalue weighted by Crippen LogP contribution is 2.11. The molecule has 0 aliphatic rings. The lowest BCUT2D eigenvalue weighted by Gasteiger charge is -2.22. The Balaban J connectivity index is 2.61. The number of thiophene rings is 1. The van der Waals surface area contributed by atoms with Crippen molar-refractivity contribution in [3.63, 3.8) is 0 Å². The predicted molar refractivity (Wildman–Crippen MR) is 67.1 cm³/mol. The lowest BCUT2D eigenvalue weighted by Crippen LogP contribution is -2.39. The van der Waals surface area contributed by atoms with Crippen molar-refractivity contribution in [3.05, 3.63) is 22.4 Å². The number of carbonyl (C=O) groups excluding carboxylic acids is 1. The second kappa shape index (κ2) is 6.39. The molecule has 0 aliphatic carbocycles. The summed E-state index contributed by atoms with van der Waals surface area (Å²) < 4.78 is 0. The molecule has 0 saturated heterocycles. The van der Waals surface area contributed by atoms with Crippen LogP contribution in [-0.2, 0) is 16.0 Å². The molecule has 1 N–H and O–H groups in total. The van der Waals surface area contributed by atoms with Crippen LogP contribution in [0.2, 0.25) is 0 Å². The first-order valence-electron chi connectivity index (χ1n) is 5.51. The van der Waals surface area contributed by atoms with Gasteiger partial charge in [0.1, 0.15) is 6.54 Å². The first-order chi connectivity index (χ1) is 7.99. The van der Waals surface area contributed by atoms with Crippen molar-refractivity contribution in [1.29, 1.82) is 0 Å². The van der Waals surface area contributed by atoms with Gasteiger partial charge in [-0.1, -0.05) is 19.9 Å². The molecule has 5 heteroatoms. The smallest absolute Gasteiger partial charge is 0.323 e. The standard InChI is InChI=1S/C12H17NO3S/c1-9(2)7-13(8-12(15)16)11(14)6-10-4-3-5-17-10/h3-5,9H,6-8H2,1-2H3,(H,15,16). The maximum atomic E-state index is 12.0. The Hall–Kier alpha value is -1.36. The van der Waals surface area contributed by atoms with Gasteiger partial charge in [0.2, 0.25) is 5.91 Å². The zero-order chi connectivity index (χ0) is 12.8. The highest BCUT2D eigenvalue weighted by molar-refractivity contribution is 7.10. The summed E-state index contributed by atoms with van der Waals surface area (Å²) in [6.07, 6.45) is 0.289. The summed E-state index contributed by atoms with van der Waals surface area (Å²) >= 11 is 1.51. The monoisotopic (exact) mass is 255 g/mol. The average molecular weight is 255 g/mol. The fourth-order valence-electron chi connectivity index (χ4n) is 1.53. The lowest BCUT2D eigenvalue weighted by molar-refractivity contribution is -0.144. The largest absolute Gasteiger partial charge is 0.480 e. The molecule has 0 radical (unpaired) electrons. The van der Waals surface area contributed by atoms with Crippen molar-refractivity contribution in [2.24, 2.45) is 5.92 Å². The number of rotatable bonds is 6. The van der Waals surface area contributed by atoms with Crippen molar-refractivity contribution in [2.75, 3.05) is 13.1 Å². The van der Waals surface area contributed by atoms with E-state index in [1.54, 1.807) is 0 Å². The highest BCUT2D eigenvalue weighted by atomic mass is 32.1. The van der Waals surface area contributed by atoms with Crippen LogP contribution in [0.4, 0.5) is 0 Å². The van der Waals surface area contributed by atoms with E-state index in [2.05, 4.69) is 0 Å². The summed E-state index contributed by atoms with van der Waals surface area (Å²) in [6.45, 7) is 4.19. The number of nitrogens with zero attached hydrogens (tertiary/aromatic N) is 1. The van der Waals surface area contributed by atoms with Gasteiger partial charge < -0.3 is 10.0 Å². The van der Waals surface area contributed by atoms with Gasteiger partial charge >= 0.3 is 5.97 Å². The Kier molecular flexibility index (Phi) is 5.15. The number of carboxylic acids is 1. The summed E-state index contributed by atoms with van der Waals surface area (Å²) in [4.78, 5) is 25.0. The number of aliphatic carboxylic acids is 1. The number of amides is 1. The average Bonchev–Trinajstić information content (AvgIpc) is 2.67. The van der Waals surface area contributed by atoms with Crippen LogP contribution in [0.25, 0.3) is 0 Å². The van der Waals surface area contributed by atoms with Crippen molar-refractivity contribution < 1.29 is 14.7 Å². The molecule has 0 spiro atoms. The van der Waals surface area contributed by atoms with Crippen molar-refractivity contribution in [1.82, 2.24) is 4.90 Å². The van der Waals surface area contributed by atoms with Crippen LogP contribution in [0.3, 0.4) is 0 Å². The summed E-state index contributed by atoms with van der Waals surface area (Å²) in [5.41, 5.74) is 0. The van der Waals surface area contributed by atoms with E-state index in [1.807, 2.05) is 31.4 Å². The minimum absolute atomic E-state index is 0.122. The Bertz CT molecular complexity index is 373. The molecule has 0 aliphatic heterocycles. The summed E-state index contributed by atoms with van der Waals surface area (Å²) in [5.74, 6) is -0.824. The van der Waals surface area contributed by atoms with Crippen LogP contribution in [0.1, 0.15) is 18.7 Å². The molecular weight excluding hydrogens is 238 g/mol. The Morgan fingerprint density at radius 3 is 2.65 bits per heavy atom. The third kappa shape index (κ3) is 4.99. The molecule has 17 heavy (non-hydrogen) atoms. The number of carboxylic acid groups (broad SMARTS) is 1. The molecule has 4 nitrogen and oxygen atoms in total. The molecule has 94 valence electrons. The van der Waals surface area contributed by atoms with Crippen molar-refractivity contribution in [2.45, 2.75) is 20.3 Å². The van der Waals surface area contributed by atoms with Gasteiger partial charge in [0.15, 0.2) is 0 Å². The Morgan fingerprint density at radius 1 is 1.47 bits per heavy atom. The van der Waals surface area contributed by atoms with Crippen molar-refractivity contribution in [3.8, 4) is 0 Å². The summed E-state index contributed by atoms with van der Waals surface area (Å²) in [7, 11) is 0. The molecule has 0 saturated carbocycles. The van der Waals surface area contributed by atoms with Gasteiger partial charge in [-0.3, -0.25) is 9.59 Å². The van der Waals surface area contributed by atoms with Gasteiger partial charge in [-0.2, -0.15) is 0 Å². The molecule has 1 heterocycles. The topological polar surface area (TPSA) is 57.6 Å². The number of hydrogen-bond donors (Lipinski definition) is 1. The van der Waals surface area contributed by atoms with E-state index in [1.165, 1.54) is 16.2 Å². The fraction of sp³-hybridized carbons (Fsp3) is 0.500. The van der Waals surface area contributed by atoms with Gasteiger partial charge in [-0.15, -0.1) is 11.3 Å². The van der Waals surface area contributed by atoms with Gasteiger partial charge in [-0.05, 0) is 17.4 Å². The Labute approximate surface area is 105 Å². The molecule has 0 unspecified atom stereocenters. The molecule has 1 aromatic heterocycles. The quantitative estimate of drug-likeness (QED) is 0.844. The predicted octanol–water partition coefficient (Wildman–Crippen LogP) is 1.86. The van der Waals surface area contributed by atoms with Crippen LogP contribution in [-0.4, -0.2) is 35.0 Å². The summed E-state index contributed by atoms with van der Waals surface area (Å²) in [6, 6.07) is 3.77. The van der Waals surface area contributed by atoms with E-state index >= 15 is 0 Å². The lowest BCUT2D eigenvalue weighted by atomic mass is 10.2. The first-order valence-corrected chi connectivity index (χ1v) is 6.39. The maximum absolute atomic E-state index is 12.0. The highest BCUT2D eigenvalue weighted by Gasteiger charge is 2.18. The maximum Gasteiger partial charge on any atom is 0.323 e. The number of carbonyl (C=O) groups is 2. The molecule has 0 aromatic carbocycles. The van der Waals surface area contributed by atoms with Crippen LogP contribution < -0.4 is 0 Å². The van der Waals surface area contributed by atoms with Crippen LogP contribution >= 0.6 is 11.3 Å². The second-order valence-corrected chi connectivity index (χ2v) is 5.35. The SMILES string of the molecule is CC(C)CN(CC(=O)O)C(=O)Cc1cccs1. The Morgan fingerprint density at radius 2 is 2.18 bits per heavy atom. The molecule has 1 rings (SSSR count). The van der Waals surface area contributed by atoms with Gasteiger partial charge in [0, 0.05) is 11.4 Å². The molecular formula is C12H17NO3S. The third-order valence-corrected chi connectivity index (χ3v) is 3.05. The van der Waals surface area contributed by atoms with Gasteiger partial charge in [-0.25, -0.2) is 0 Å². The molecule has 1 amide bonds. The van der Waals surface area contributed by atoms with E-state index in [0.29, 0.717) is 6.54 Å². The second-order valence-electron chi connectivity index (χ2n) is 4.32. The van der Waals surface area contributed by atoms with Crippen LogP contribution in [0.15, 0.2) is 17.5 Å². The molecule has 0 atom stereocenters. The fourth-order valence-corrected chi connectivity index (χ4v) is 2.23. The normalized spacial score (nSPS) is 10.5. The van der Waals surface area contributed by atoms with Crippen LogP contribution in [0.5, 0.6) is 0 Å². The molecule has 0 fully saturated rings. The summed E-state index contributed by atoms with van der Waals surface area (Å²) in [5, 5.41) is 10.7. The third-order valence-electron chi connectivity index (χ3n) is 2.17. The zero-order valence-electron chi connectivity index (χ0n) is 10.0. The molecule has 0 bridgehead atoms. The van der Waals surface area contributed by atoms with Crippen molar-refractivity contribution >= 4 is 23.2 Å². The zero-order valence-corrected chi connectivity index (χ0v) is 10.9. The molecule has 1 aromatic rings. The van der Waals surface area contributed by atoms with Gasteiger partial charge in [0.05, 0.1) is 6.42 Å². The minimum atomic E-state index is -0.967. The van der Waals surface area contributed by atoms with E-state index in [-0.39, 0.29) is 24.8 Å². The van der Waals surface area contributed by atoms with E-state index < -0.39 is 5.97 Å². The van der Waals surface area contributed by atoms with E-state index in [0.717, 1.165) is 4.88 Å².